The number of carbonyl (C=O) groups is 6. The summed E-state index contributed by atoms with van der Waals surface area (Å²) in [6, 6.07) is -3.51. The van der Waals surface area contributed by atoms with Crippen molar-refractivity contribution in [3.8, 4) is 0 Å². The SMILES string of the molecule is C=CCNC(=O)C(=O)C(CCC)NC(=O)C1CCCN1C(=O)[C@@H](NC(=O)NCC(=O)N(CC)CC)C(C)(C)C.CC(C)C.CCC. The highest BCUT2D eigenvalue weighted by Gasteiger charge is 2.42. The Bertz CT molecular complexity index is 971. The lowest BCUT2D eigenvalue weighted by molar-refractivity contribution is -0.143. The van der Waals surface area contributed by atoms with Gasteiger partial charge >= 0.3 is 6.03 Å². The summed E-state index contributed by atoms with van der Waals surface area (Å²) in [6.45, 7) is 26.4. The molecule has 1 aliphatic rings. The molecule has 266 valence electrons. The number of ketones is 1. The van der Waals surface area contributed by atoms with Crippen LogP contribution in [0.4, 0.5) is 4.79 Å². The summed E-state index contributed by atoms with van der Waals surface area (Å²) in [5.74, 6) is -1.93. The molecule has 1 fully saturated rings. The van der Waals surface area contributed by atoms with E-state index in [-0.39, 0.29) is 25.4 Å². The summed E-state index contributed by atoms with van der Waals surface area (Å²) < 4.78 is 0. The zero-order valence-electron chi connectivity index (χ0n) is 30.5. The monoisotopic (exact) mass is 652 g/mol. The molecule has 0 aliphatic carbocycles. The van der Waals surface area contributed by atoms with E-state index in [4.69, 9.17) is 0 Å². The van der Waals surface area contributed by atoms with Crippen LogP contribution in [0.5, 0.6) is 0 Å². The average Bonchev–Trinajstić information content (AvgIpc) is 3.47. The van der Waals surface area contributed by atoms with Gasteiger partial charge in [0, 0.05) is 26.2 Å². The molecule has 1 rings (SSSR count). The number of rotatable bonds is 14. The maximum Gasteiger partial charge on any atom is 0.315 e. The van der Waals surface area contributed by atoms with Gasteiger partial charge in [-0.05, 0) is 44.4 Å². The van der Waals surface area contributed by atoms with Crippen LogP contribution >= 0.6 is 0 Å². The molecule has 0 saturated carbocycles. The number of nitrogens with zero attached hydrogens (tertiary/aromatic N) is 2. The van der Waals surface area contributed by atoms with E-state index in [9.17, 15) is 28.8 Å². The number of hydrogen-bond acceptors (Lipinski definition) is 6. The van der Waals surface area contributed by atoms with Crippen molar-refractivity contribution in [3.63, 3.8) is 0 Å². The average molecular weight is 653 g/mol. The molecule has 1 heterocycles. The minimum Gasteiger partial charge on any atom is -0.346 e. The molecular weight excluding hydrogens is 588 g/mol. The number of Topliss-reactive ketones (excluding diaryl/α,β-unsaturated/α-hetero) is 1. The van der Waals surface area contributed by atoms with E-state index < -0.39 is 53.1 Å². The summed E-state index contributed by atoms with van der Waals surface area (Å²) in [7, 11) is 0. The van der Waals surface area contributed by atoms with E-state index >= 15 is 0 Å². The Labute approximate surface area is 278 Å². The quantitative estimate of drug-likeness (QED) is 0.165. The molecule has 46 heavy (non-hydrogen) atoms. The standard InChI is InChI=1S/C27H46N6O6.C4H10.C3H8/c1-8-13-18(21(35)24(37)28-15-9-2)30-23(36)19-14-12-16-33(19)25(38)22(27(5,6)7)31-26(39)29-17-20(34)32(10-3)11-4;1-4(2)3;1-3-2/h9,18-19,22H,2,8,10-17H2,1,3-7H3,(H,28,37)(H,30,36)(H2,29,31,39);4H,1-3H3;3H2,1-2H3/t18?,19?,22-;;/m1../s1. The molecule has 0 radical (unpaired) electrons. The van der Waals surface area contributed by atoms with Crippen LogP contribution in [0.2, 0.25) is 0 Å². The Hall–Kier alpha value is -3.44. The first-order valence-corrected chi connectivity index (χ1v) is 16.8. The van der Waals surface area contributed by atoms with E-state index in [0.29, 0.717) is 38.9 Å². The van der Waals surface area contributed by atoms with Gasteiger partial charge < -0.3 is 31.1 Å². The fraction of sp³-hybridized carbons (Fsp3) is 0.765. The Balaban J connectivity index is 0. The largest absolute Gasteiger partial charge is 0.346 e. The number of carbonyl (C=O) groups excluding carboxylic acids is 6. The van der Waals surface area contributed by atoms with Crippen LogP contribution in [0.25, 0.3) is 0 Å². The predicted octanol–water partition coefficient (Wildman–Crippen LogP) is 3.79. The molecule has 0 aromatic carbocycles. The van der Waals surface area contributed by atoms with Crippen LogP contribution in [0.1, 0.15) is 108 Å². The number of nitrogens with one attached hydrogen (secondary N) is 4. The van der Waals surface area contributed by atoms with Gasteiger partial charge in [0.25, 0.3) is 5.91 Å². The van der Waals surface area contributed by atoms with E-state index in [2.05, 4.69) is 62.5 Å². The number of likely N-dealkylation sites (tertiary alicyclic amines) is 1. The third-order valence-electron chi connectivity index (χ3n) is 6.58. The summed E-state index contributed by atoms with van der Waals surface area (Å²) in [5, 5.41) is 10.3. The number of likely N-dealkylation sites (N-methyl/N-ethyl adjacent to an activating group) is 1. The van der Waals surface area contributed by atoms with Crippen molar-refractivity contribution in [3.05, 3.63) is 12.7 Å². The summed E-state index contributed by atoms with van der Waals surface area (Å²) in [4.78, 5) is 79.6. The van der Waals surface area contributed by atoms with E-state index in [1.807, 2.05) is 20.8 Å². The lowest BCUT2D eigenvalue weighted by Gasteiger charge is -2.35. The summed E-state index contributed by atoms with van der Waals surface area (Å²) in [5.41, 5.74) is -0.703. The van der Waals surface area contributed by atoms with Gasteiger partial charge in [-0.25, -0.2) is 4.79 Å². The second-order valence-electron chi connectivity index (χ2n) is 13.0. The number of hydrogen-bond donors (Lipinski definition) is 4. The Kier molecular flexibility index (Phi) is 23.2. The summed E-state index contributed by atoms with van der Waals surface area (Å²) >= 11 is 0. The van der Waals surface area contributed by atoms with Crippen LogP contribution in [0.15, 0.2) is 12.7 Å². The highest BCUT2D eigenvalue weighted by Crippen LogP contribution is 2.26. The van der Waals surface area contributed by atoms with Crippen molar-refractivity contribution < 1.29 is 28.8 Å². The van der Waals surface area contributed by atoms with Crippen molar-refractivity contribution in [2.75, 3.05) is 32.7 Å². The molecule has 0 spiro atoms. The van der Waals surface area contributed by atoms with Crippen molar-refractivity contribution >= 4 is 35.4 Å². The molecule has 4 N–H and O–H groups in total. The Morgan fingerprint density at radius 3 is 1.93 bits per heavy atom. The van der Waals surface area contributed by atoms with Gasteiger partial charge in [-0.2, -0.15) is 0 Å². The maximum absolute atomic E-state index is 13.6. The molecular formula is C34H64N6O6. The highest BCUT2D eigenvalue weighted by atomic mass is 16.2. The first kappa shape index (κ1) is 44.7. The highest BCUT2D eigenvalue weighted by molar-refractivity contribution is 6.38. The van der Waals surface area contributed by atoms with Gasteiger partial charge in [-0.1, -0.05) is 81.2 Å². The lowest BCUT2D eigenvalue weighted by Crippen LogP contribution is -2.60. The Morgan fingerprint density at radius 1 is 0.935 bits per heavy atom. The fourth-order valence-electron chi connectivity index (χ4n) is 4.38. The lowest BCUT2D eigenvalue weighted by atomic mass is 9.85. The molecule has 0 aromatic rings. The minimum atomic E-state index is -1.02. The van der Waals surface area contributed by atoms with Gasteiger partial charge in [0.2, 0.25) is 23.5 Å². The van der Waals surface area contributed by atoms with Crippen molar-refractivity contribution in [1.29, 1.82) is 0 Å². The molecule has 1 aliphatic heterocycles. The second-order valence-corrected chi connectivity index (χ2v) is 13.0. The minimum absolute atomic E-state index is 0.126. The molecule has 1 saturated heterocycles. The van der Waals surface area contributed by atoms with Crippen molar-refractivity contribution in [2.24, 2.45) is 11.3 Å². The van der Waals surface area contributed by atoms with Gasteiger partial charge in [-0.15, -0.1) is 6.58 Å². The molecule has 2 unspecified atom stereocenters. The predicted molar refractivity (Wildman–Crippen MR) is 184 cm³/mol. The van der Waals surface area contributed by atoms with Crippen LogP contribution in [0, 0.1) is 11.3 Å². The van der Waals surface area contributed by atoms with E-state index in [1.165, 1.54) is 17.4 Å². The number of urea groups is 1. The van der Waals surface area contributed by atoms with Crippen LogP contribution in [-0.2, 0) is 24.0 Å². The smallest absolute Gasteiger partial charge is 0.315 e. The van der Waals surface area contributed by atoms with Gasteiger partial charge in [-0.3, -0.25) is 24.0 Å². The third kappa shape index (κ3) is 17.3. The van der Waals surface area contributed by atoms with Crippen molar-refractivity contribution in [2.45, 2.75) is 126 Å². The third-order valence-corrected chi connectivity index (χ3v) is 6.58. The van der Waals surface area contributed by atoms with Gasteiger partial charge in [0.05, 0.1) is 12.6 Å². The second kappa shape index (κ2) is 23.8. The Morgan fingerprint density at radius 2 is 1.48 bits per heavy atom. The summed E-state index contributed by atoms with van der Waals surface area (Å²) in [6.07, 6.45) is 4.47. The fourth-order valence-corrected chi connectivity index (χ4v) is 4.38. The van der Waals surface area contributed by atoms with E-state index in [0.717, 1.165) is 5.92 Å². The van der Waals surface area contributed by atoms with Crippen LogP contribution < -0.4 is 21.3 Å². The molecule has 12 heteroatoms. The first-order valence-electron chi connectivity index (χ1n) is 16.8. The molecule has 3 atom stereocenters. The molecule has 12 nitrogen and oxygen atoms in total. The van der Waals surface area contributed by atoms with Crippen LogP contribution in [-0.4, -0.2) is 96.1 Å². The maximum atomic E-state index is 13.6. The zero-order valence-corrected chi connectivity index (χ0v) is 30.5. The number of amides is 6. The van der Waals surface area contributed by atoms with Crippen LogP contribution in [0.3, 0.4) is 0 Å². The molecule has 0 aromatic heterocycles. The van der Waals surface area contributed by atoms with Crippen molar-refractivity contribution in [1.82, 2.24) is 31.1 Å². The van der Waals surface area contributed by atoms with Gasteiger partial charge in [0.1, 0.15) is 12.1 Å². The molecule has 6 amide bonds. The normalized spacial score (nSPS) is 15.1. The topological polar surface area (TPSA) is 157 Å². The molecule has 0 bridgehead atoms. The van der Waals surface area contributed by atoms with E-state index in [1.54, 1.807) is 25.7 Å². The zero-order chi connectivity index (χ0) is 36.0. The van der Waals surface area contributed by atoms with Gasteiger partial charge in [0.15, 0.2) is 0 Å². The first-order chi connectivity index (χ1) is 21.5.